The Hall–Kier alpha value is -2.70. The largest absolute Gasteiger partial charge is 0.326 e. The molecule has 0 aliphatic carbocycles. The number of aryl methyl sites for hydroxylation is 3. The normalized spacial score (nSPS) is 18.1. The van der Waals surface area contributed by atoms with Crippen molar-refractivity contribution in [3.63, 3.8) is 0 Å². The van der Waals surface area contributed by atoms with Crippen LogP contribution >= 0.6 is 11.6 Å². The zero-order valence-electron chi connectivity index (χ0n) is 18.1. The summed E-state index contributed by atoms with van der Waals surface area (Å²) in [4.78, 5) is 32.0. The van der Waals surface area contributed by atoms with Crippen molar-refractivity contribution in [2.75, 3.05) is 25.0 Å². The van der Waals surface area contributed by atoms with Crippen LogP contribution in [0.1, 0.15) is 35.1 Å². The standard InChI is InChI=1S/C24H27ClN4O2/c1-15-4-7-20(19(25)12-15)26-21(30)14-29-10-8-24(9-11-29)27-22(23(31)28-24)18-6-5-16(2)17(3)13-18/h4-7,12-13H,8-11,14H2,1-3H3,(H,26,30)(H,28,31). The molecule has 31 heavy (non-hydrogen) atoms. The summed E-state index contributed by atoms with van der Waals surface area (Å²) in [7, 11) is 0. The Kier molecular flexibility index (Phi) is 5.86. The van der Waals surface area contributed by atoms with E-state index in [2.05, 4.69) is 22.5 Å². The molecule has 2 heterocycles. The van der Waals surface area contributed by atoms with Crippen LogP contribution in [-0.2, 0) is 9.59 Å². The predicted octanol–water partition coefficient (Wildman–Crippen LogP) is 3.61. The molecule has 2 amide bonds. The highest BCUT2D eigenvalue weighted by molar-refractivity contribution is 6.46. The highest BCUT2D eigenvalue weighted by atomic mass is 35.5. The fourth-order valence-corrected chi connectivity index (χ4v) is 4.36. The number of amides is 2. The lowest BCUT2D eigenvalue weighted by molar-refractivity contribution is -0.119. The van der Waals surface area contributed by atoms with E-state index in [0.29, 0.717) is 42.4 Å². The van der Waals surface area contributed by atoms with Crippen LogP contribution < -0.4 is 10.6 Å². The Labute approximate surface area is 187 Å². The molecule has 4 rings (SSSR count). The molecule has 2 aromatic rings. The smallest absolute Gasteiger partial charge is 0.272 e. The van der Waals surface area contributed by atoms with Crippen molar-refractivity contribution < 1.29 is 9.59 Å². The third kappa shape index (κ3) is 4.65. The van der Waals surface area contributed by atoms with Gasteiger partial charge in [-0.1, -0.05) is 29.8 Å². The van der Waals surface area contributed by atoms with E-state index in [9.17, 15) is 9.59 Å². The molecule has 0 radical (unpaired) electrons. The average molecular weight is 439 g/mol. The van der Waals surface area contributed by atoms with Crippen molar-refractivity contribution in [2.45, 2.75) is 39.3 Å². The average Bonchev–Trinajstić information content (AvgIpc) is 3.04. The summed E-state index contributed by atoms with van der Waals surface area (Å²) in [5, 5.41) is 6.51. The molecule has 0 aromatic heterocycles. The van der Waals surface area contributed by atoms with E-state index in [4.69, 9.17) is 16.6 Å². The second kappa shape index (κ2) is 8.44. The maximum Gasteiger partial charge on any atom is 0.272 e. The van der Waals surface area contributed by atoms with Gasteiger partial charge in [0.1, 0.15) is 11.4 Å². The molecule has 2 N–H and O–H groups in total. The van der Waals surface area contributed by atoms with Gasteiger partial charge in [0.25, 0.3) is 5.91 Å². The predicted molar refractivity (Wildman–Crippen MR) is 124 cm³/mol. The summed E-state index contributed by atoms with van der Waals surface area (Å²) in [5.41, 5.74) is 4.79. The van der Waals surface area contributed by atoms with E-state index in [1.165, 1.54) is 5.56 Å². The highest BCUT2D eigenvalue weighted by Crippen LogP contribution is 2.29. The third-order valence-electron chi connectivity index (χ3n) is 6.12. The summed E-state index contributed by atoms with van der Waals surface area (Å²) >= 11 is 6.21. The number of carbonyl (C=O) groups is 2. The quantitative estimate of drug-likeness (QED) is 0.765. The maximum atomic E-state index is 12.6. The number of benzene rings is 2. The Balaban J connectivity index is 1.37. The lowest BCUT2D eigenvalue weighted by Gasteiger charge is -2.36. The minimum atomic E-state index is -0.571. The third-order valence-corrected chi connectivity index (χ3v) is 6.43. The van der Waals surface area contributed by atoms with Crippen molar-refractivity contribution in [1.82, 2.24) is 10.2 Å². The Morgan fingerprint density at radius 3 is 2.55 bits per heavy atom. The monoisotopic (exact) mass is 438 g/mol. The topological polar surface area (TPSA) is 73.8 Å². The van der Waals surface area contributed by atoms with Crippen molar-refractivity contribution in [3.8, 4) is 0 Å². The number of nitrogens with zero attached hydrogens (tertiary/aromatic N) is 2. The molecule has 1 fully saturated rings. The molecule has 1 saturated heterocycles. The van der Waals surface area contributed by atoms with Crippen LogP contribution in [0, 0.1) is 20.8 Å². The van der Waals surface area contributed by atoms with Gasteiger partial charge in [-0.25, -0.2) is 0 Å². The van der Waals surface area contributed by atoms with E-state index < -0.39 is 5.66 Å². The minimum Gasteiger partial charge on any atom is -0.326 e. The maximum absolute atomic E-state index is 12.6. The van der Waals surface area contributed by atoms with Crippen molar-refractivity contribution in [1.29, 1.82) is 0 Å². The molecule has 2 aliphatic rings. The van der Waals surface area contributed by atoms with Gasteiger partial charge in [-0.15, -0.1) is 0 Å². The van der Waals surface area contributed by atoms with Gasteiger partial charge < -0.3 is 10.6 Å². The first-order valence-corrected chi connectivity index (χ1v) is 10.9. The molecule has 162 valence electrons. The van der Waals surface area contributed by atoms with Crippen LogP contribution in [0.2, 0.25) is 5.02 Å². The molecule has 1 spiro atoms. The molecule has 2 aromatic carbocycles. The zero-order chi connectivity index (χ0) is 22.2. The number of aliphatic imine (C=N–C) groups is 1. The van der Waals surface area contributed by atoms with E-state index in [-0.39, 0.29) is 18.4 Å². The molecule has 0 saturated carbocycles. The second-order valence-corrected chi connectivity index (χ2v) is 8.96. The number of likely N-dealkylation sites (tertiary alicyclic amines) is 1. The van der Waals surface area contributed by atoms with Crippen LogP contribution in [0.4, 0.5) is 5.69 Å². The molecule has 0 unspecified atom stereocenters. The molecule has 0 bridgehead atoms. The second-order valence-electron chi connectivity index (χ2n) is 8.55. The van der Waals surface area contributed by atoms with Gasteiger partial charge in [0, 0.05) is 31.5 Å². The van der Waals surface area contributed by atoms with Crippen molar-refractivity contribution in [3.05, 3.63) is 63.7 Å². The Morgan fingerprint density at radius 1 is 1.13 bits per heavy atom. The minimum absolute atomic E-state index is 0.100. The van der Waals surface area contributed by atoms with Gasteiger partial charge in [0.05, 0.1) is 17.3 Å². The summed E-state index contributed by atoms with van der Waals surface area (Å²) in [6.45, 7) is 7.68. The zero-order valence-corrected chi connectivity index (χ0v) is 18.8. The van der Waals surface area contributed by atoms with E-state index >= 15 is 0 Å². The van der Waals surface area contributed by atoms with Crippen molar-refractivity contribution >= 4 is 34.8 Å². The number of nitrogens with one attached hydrogen (secondary N) is 2. The number of hydrogen-bond acceptors (Lipinski definition) is 4. The lowest BCUT2D eigenvalue weighted by atomic mass is 9.98. The fraction of sp³-hybridized carbons (Fsp3) is 0.375. The highest BCUT2D eigenvalue weighted by Gasteiger charge is 2.42. The first kappa shape index (κ1) is 21.5. The van der Waals surface area contributed by atoms with Gasteiger partial charge in [-0.3, -0.25) is 19.5 Å². The molecular weight excluding hydrogens is 412 g/mol. The molecule has 0 atom stereocenters. The van der Waals surface area contributed by atoms with Gasteiger partial charge in [-0.2, -0.15) is 0 Å². The molecular formula is C24H27ClN4O2. The molecule has 6 nitrogen and oxygen atoms in total. The van der Waals surface area contributed by atoms with Crippen LogP contribution in [0.3, 0.4) is 0 Å². The number of halogens is 1. The Bertz CT molecular complexity index is 1070. The number of carbonyl (C=O) groups excluding carboxylic acids is 2. The van der Waals surface area contributed by atoms with Gasteiger partial charge in [0.2, 0.25) is 5.91 Å². The summed E-state index contributed by atoms with van der Waals surface area (Å²) in [6.07, 6.45) is 1.34. The van der Waals surface area contributed by atoms with Gasteiger partial charge in [-0.05, 0) is 55.7 Å². The SMILES string of the molecule is Cc1ccc(NC(=O)CN2CCC3(CC2)N=C(c2ccc(C)c(C)c2)C(=O)N3)c(Cl)c1. The molecule has 7 heteroatoms. The molecule has 2 aliphatic heterocycles. The summed E-state index contributed by atoms with van der Waals surface area (Å²) in [5.74, 6) is -0.222. The van der Waals surface area contributed by atoms with Crippen LogP contribution in [-0.4, -0.2) is 47.7 Å². The number of rotatable bonds is 4. The number of hydrogen-bond donors (Lipinski definition) is 2. The van der Waals surface area contributed by atoms with Gasteiger partial charge >= 0.3 is 0 Å². The summed E-state index contributed by atoms with van der Waals surface area (Å²) < 4.78 is 0. The first-order chi connectivity index (χ1) is 14.7. The van der Waals surface area contributed by atoms with Gasteiger partial charge in [0.15, 0.2) is 0 Å². The number of piperidine rings is 1. The van der Waals surface area contributed by atoms with Crippen LogP contribution in [0.15, 0.2) is 41.4 Å². The van der Waals surface area contributed by atoms with Crippen LogP contribution in [0.5, 0.6) is 0 Å². The van der Waals surface area contributed by atoms with E-state index in [1.54, 1.807) is 0 Å². The van der Waals surface area contributed by atoms with Crippen LogP contribution in [0.25, 0.3) is 0 Å². The van der Waals surface area contributed by atoms with Crippen molar-refractivity contribution in [2.24, 2.45) is 4.99 Å². The summed E-state index contributed by atoms with van der Waals surface area (Å²) in [6, 6.07) is 11.6. The first-order valence-electron chi connectivity index (χ1n) is 10.5. The fourth-order valence-electron chi connectivity index (χ4n) is 4.08. The number of anilines is 1. The Morgan fingerprint density at radius 2 is 1.87 bits per heavy atom. The van der Waals surface area contributed by atoms with E-state index in [1.807, 2.05) is 50.2 Å². The van der Waals surface area contributed by atoms with E-state index in [0.717, 1.165) is 16.7 Å². The lowest BCUT2D eigenvalue weighted by Crippen LogP contribution is -2.52.